The van der Waals surface area contributed by atoms with Crippen molar-refractivity contribution >= 4 is 17.5 Å². The van der Waals surface area contributed by atoms with Crippen LogP contribution in [0.25, 0.3) is 0 Å². The van der Waals surface area contributed by atoms with Gasteiger partial charge in [-0.1, -0.05) is 23.7 Å². The predicted molar refractivity (Wildman–Crippen MR) is 77.7 cm³/mol. The number of ether oxygens (including phenoxy) is 1. The molecular formula is C15H20ClNO3. The van der Waals surface area contributed by atoms with E-state index < -0.39 is 6.10 Å². The largest absolute Gasteiger partial charge is 0.388 e. The zero-order chi connectivity index (χ0) is 14.5. The summed E-state index contributed by atoms with van der Waals surface area (Å²) < 4.78 is 5.16. The van der Waals surface area contributed by atoms with Crippen LogP contribution in [0.5, 0.6) is 0 Å². The summed E-state index contributed by atoms with van der Waals surface area (Å²) in [5, 5.41) is 13.5. The highest BCUT2D eigenvalue weighted by molar-refractivity contribution is 6.30. The van der Waals surface area contributed by atoms with Gasteiger partial charge in [-0.05, 0) is 37.0 Å². The first kappa shape index (κ1) is 15.3. The Morgan fingerprint density at radius 1 is 1.40 bits per heavy atom. The van der Waals surface area contributed by atoms with Gasteiger partial charge in [0, 0.05) is 18.6 Å². The Bertz CT molecular complexity index is 449. The second kappa shape index (κ2) is 7.07. The van der Waals surface area contributed by atoms with Crippen molar-refractivity contribution in [3.63, 3.8) is 0 Å². The van der Waals surface area contributed by atoms with E-state index in [0.29, 0.717) is 17.9 Å². The molecule has 1 amide bonds. The summed E-state index contributed by atoms with van der Waals surface area (Å²) in [7, 11) is 1.58. The monoisotopic (exact) mass is 297 g/mol. The van der Waals surface area contributed by atoms with Gasteiger partial charge in [0.1, 0.15) is 6.10 Å². The van der Waals surface area contributed by atoms with Crippen LogP contribution in [0.3, 0.4) is 0 Å². The Hall–Kier alpha value is -1.10. The number of hydrogen-bond donors (Lipinski definition) is 2. The maximum atomic E-state index is 11.9. The van der Waals surface area contributed by atoms with E-state index in [9.17, 15) is 9.90 Å². The third-order valence-corrected chi connectivity index (χ3v) is 4.01. The lowest BCUT2D eigenvalue weighted by molar-refractivity contribution is -0.122. The van der Waals surface area contributed by atoms with Gasteiger partial charge in [0.15, 0.2) is 0 Å². The number of aliphatic hydroxyl groups excluding tert-OH is 1. The predicted octanol–water partition coefficient (Wildman–Crippen LogP) is 1.93. The van der Waals surface area contributed by atoms with E-state index in [1.807, 2.05) is 24.3 Å². The molecule has 4 nitrogen and oxygen atoms in total. The molecule has 0 bridgehead atoms. The SMILES string of the molecule is CO[C@@H]1CC[C@@H](NC(=O)CCc2ccc(Cl)cc2)[C@H]1O. The molecule has 2 N–H and O–H groups in total. The van der Waals surface area contributed by atoms with Crippen molar-refractivity contribution in [1.82, 2.24) is 5.32 Å². The van der Waals surface area contributed by atoms with Gasteiger partial charge in [-0.3, -0.25) is 4.79 Å². The van der Waals surface area contributed by atoms with Crippen LogP contribution in [0.4, 0.5) is 0 Å². The molecule has 110 valence electrons. The maximum Gasteiger partial charge on any atom is 0.220 e. The molecule has 5 heteroatoms. The van der Waals surface area contributed by atoms with Gasteiger partial charge in [-0.2, -0.15) is 0 Å². The highest BCUT2D eigenvalue weighted by atomic mass is 35.5. The van der Waals surface area contributed by atoms with Gasteiger partial charge < -0.3 is 15.2 Å². The Kier molecular flexibility index (Phi) is 5.40. The van der Waals surface area contributed by atoms with Crippen LogP contribution >= 0.6 is 11.6 Å². The number of rotatable bonds is 5. The van der Waals surface area contributed by atoms with Crippen LogP contribution in [-0.2, 0) is 16.0 Å². The number of amides is 1. The lowest BCUT2D eigenvalue weighted by Gasteiger charge is -2.19. The van der Waals surface area contributed by atoms with Gasteiger partial charge in [0.2, 0.25) is 5.91 Å². The van der Waals surface area contributed by atoms with Crippen molar-refractivity contribution in [2.75, 3.05) is 7.11 Å². The maximum absolute atomic E-state index is 11.9. The second-order valence-electron chi connectivity index (χ2n) is 5.14. The summed E-state index contributed by atoms with van der Waals surface area (Å²) in [6.07, 6.45) is 1.82. The molecule has 20 heavy (non-hydrogen) atoms. The fourth-order valence-electron chi connectivity index (χ4n) is 2.55. The molecule has 0 saturated heterocycles. The normalized spacial score (nSPS) is 25.6. The molecule has 0 unspecified atom stereocenters. The molecule has 2 rings (SSSR count). The number of carbonyl (C=O) groups excluding carboxylic acids is 1. The minimum atomic E-state index is -0.612. The van der Waals surface area contributed by atoms with Gasteiger partial charge in [0.25, 0.3) is 0 Å². The van der Waals surface area contributed by atoms with E-state index in [-0.39, 0.29) is 18.1 Å². The van der Waals surface area contributed by atoms with Crippen molar-refractivity contribution in [2.45, 2.75) is 43.9 Å². The summed E-state index contributed by atoms with van der Waals surface area (Å²) in [5.74, 6) is -0.0410. The molecule has 0 radical (unpaired) electrons. The van der Waals surface area contributed by atoms with E-state index in [0.717, 1.165) is 18.4 Å². The zero-order valence-electron chi connectivity index (χ0n) is 11.5. The van der Waals surface area contributed by atoms with Crippen molar-refractivity contribution in [3.8, 4) is 0 Å². The fourth-order valence-corrected chi connectivity index (χ4v) is 2.67. The lowest BCUT2D eigenvalue weighted by atomic mass is 10.1. The quantitative estimate of drug-likeness (QED) is 0.873. The fraction of sp³-hybridized carbons (Fsp3) is 0.533. The number of aliphatic hydroxyl groups is 1. The number of methoxy groups -OCH3 is 1. The van der Waals surface area contributed by atoms with Gasteiger partial charge >= 0.3 is 0 Å². The lowest BCUT2D eigenvalue weighted by Crippen LogP contribution is -2.43. The second-order valence-corrected chi connectivity index (χ2v) is 5.58. The summed E-state index contributed by atoms with van der Waals surface area (Å²) in [6.45, 7) is 0. The standard InChI is InChI=1S/C15H20ClNO3/c1-20-13-8-7-12(15(13)19)17-14(18)9-4-10-2-5-11(16)6-3-10/h2-3,5-6,12-13,15,19H,4,7-9H2,1H3,(H,17,18)/t12-,13-,15-/m1/s1. The molecule has 3 atom stereocenters. The Labute approximate surface area is 124 Å². The zero-order valence-corrected chi connectivity index (χ0v) is 12.3. The van der Waals surface area contributed by atoms with E-state index in [1.165, 1.54) is 0 Å². The van der Waals surface area contributed by atoms with E-state index in [4.69, 9.17) is 16.3 Å². The van der Waals surface area contributed by atoms with E-state index in [1.54, 1.807) is 7.11 Å². The Morgan fingerprint density at radius 3 is 2.70 bits per heavy atom. The molecule has 1 aliphatic rings. The van der Waals surface area contributed by atoms with Crippen molar-refractivity contribution < 1.29 is 14.6 Å². The first-order chi connectivity index (χ1) is 9.60. The van der Waals surface area contributed by atoms with Crippen LogP contribution in [0.15, 0.2) is 24.3 Å². The first-order valence-corrected chi connectivity index (χ1v) is 7.22. The third-order valence-electron chi connectivity index (χ3n) is 3.76. The Balaban J connectivity index is 1.77. The summed E-state index contributed by atoms with van der Waals surface area (Å²) >= 11 is 5.81. The molecule has 0 aliphatic heterocycles. The van der Waals surface area contributed by atoms with Gasteiger partial charge in [-0.15, -0.1) is 0 Å². The molecule has 1 aliphatic carbocycles. The van der Waals surface area contributed by atoms with E-state index >= 15 is 0 Å². The Morgan fingerprint density at radius 2 is 2.10 bits per heavy atom. The molecule has 0 heterocycles. The first-order valence-electron chi connectivity index (χ1n) is 6.85. The minimum absolute atomic E-state index is 0.0410. The molecule has 0 spiro atoms. The molecular weight excluding hydrogens is 278 g/mol. The van der Waals surface area contributed by atoms with Gasteiger partial charge in [0.05, 0.1) is 12.1 Å². The van der Waals surface area contributed by atoms with Crippen LogP contribution < -0.4 is 5.32 Å². The van der Waals surface area contributed by atoms with Crippen molar-refractivity contribution in [2.24, 2.45) is 0 Å². The summed E-state index contributed by atoms with van der Waals surface area (Å²) in [6, 6.07) is 7.27. The minimum Gasteiger partial charge on any atom is -0.388 e. The highest BCUT2D eigenvalue weighted by Crippen LogP contribution is 2.22. The summed E-state index contributed by atoms with van der Waals surface area (Å²) in [4.78, 5) is 11.9. The average Bonchev–Trinajstić information content (AvgIpc) is 2.79. The third kappa shape index (κ3) is 3.95. The topological polar surface area (TPSA) is 58.6 Å². The molecule has 1 saturated carbocycles. The van der Waals surface area contributed by atoms with Crippen LogP contribution in [-0.4, -0.2) is 36.4 Å². The number of halogens is 1. The number of aryl methyl sites for hydroxylation is 1. The highest BCUT2D eigenvalue weighted by Gasteiger charge is 2.35. The number of nitrogens with one attached hydrogen (secondary N) is 1. The molecule has 1 fully saturated rings. The van der Waals surface area contributed by atoms with Gasteiger partial charge in [-0.25, -0.2) is 0 Å². The van der Waals surface area contributed by atoms with Crippen LogP contribution in [0, 0.1) is 0 Å². The number of hydrogen-bond acceptors (Lipinski definition) is 3. The van der Waals surface area contributed by atoms with Crippen molar-refractivity contribution in [3.05, 3.63) is 34.9 Å². The summed E-state index contributed by atoms with van der Waals surface area (Å²) in [5.41, 5.74) is 1.08. The van der Waals surface area contributed by atoms with Crippen molar-refractivity contribution in [1.29, 1.82) is 0 Å². The molecule has 0 aromatic heterocycles. The smallest absolute Gasteiger partial charge is 0.220 e. The molecule has 1 aromatic rings. The molecule has 1 aromatic carbocycles. The van der Waals surface area contributed by atoms with Crippen LogP contribution in [0.1, 0.15) is 24.8 Å². The average molecular weight is 298 g/mol. The number of benzene rings is 1. The number of carbonyl (C=O) groups is 1. The van der Waals surface area contributed by atoms with E-state index in [2.05, 4.69) is 5.32 Å². The van der Waals surface area contributed by atoms with Crippen LogP contribution in [0.2, 0.25) is 5.02 Å².